The topological polar surface area (TPSA) is 52.6 Å². The number of methoxy groups -OCH3 is 2. The minimum Gasteiger partial charge on any atom is -0.468 e. The predicted molar refractivity (Wildman–Crippen MR) is 81.7 cm³/mol. The Balaban J connectivity index is 2.84. The van der Waals surface area contributed by atoms with E-state index in [2.05, 4.69) is 5.92 Å². The third-order valence-corrected chi connectivity index (χ3v) is 4.11. The zero-order valence-corrected chi connectivity index (χ0v) is 12.9. The molecule has 0 aliphatic rings. The molecule has 0 saturated heterocycles. The molecule has 5 heteroatoms. The summed E-state index contributed by atoms with van der Waals surface area (Å²) in [6, 6.07) is 9.71. The fourth-order valence-electron chi connectivity index (χ4n) is 1.94. The second-order valence-corrected chi connectivity index (χ2v) is 5.53. The molecule has 112 valence electrons. The molecule has 0 saturated carbocycles. The maximum Gasteiger partial charge on any atom is 0.324 e. The highest BCUT2D eigenvalue weighted by atomic mass is 32.2. The van der Waals surface area contributed by atoms with Gasteiger partial charge < -0.3 is 9.47 Å². The van der Waals surface area contributed by atoms with E-state index in [1.165, 1.54) is 14.2 Å². The first-order valence-electron chi connectivity index (χ1n) is 6.39. The number of carbonyl (C=O) groups is 2. The smallest absolute Gasteiger partial charge is 0.324 e. The van der Waals surface area contributed by atoms with Gasteiger partial charge in [-0.3, -0.25) is 9.59 Å². The average Bonchev–Trinajstić information content (AvgIpc) is 2.53. The van der Waals surface area contributed by atoms with Crippen molar-refractivity contribution in [3.8, 4) is 12.3 Å². The Bertz CT molecular complexity index is 503. The van der Waals surface area contributed by atoms with Crippen molar-refractivity contribution in [2.45, 2.75) is 17.7 Å². The van der Waals surface area contributed by atoms with Gasteiger partial charge in [0.1, 0.15) is 0 Å². The van der Waals surface area contributed by atoms with Gasteiger partial charge in [-0.25, -0.2) is 0 Å². The van der Waals surface area contributed by atoms with E-state index in [1.54, 1.807) is 11.8 Å². The third-order valence-electron chi connectivity index (χ3n) is 3.10. The molecule has 0 unspecified atom stereocenters. The van der Waals surface area contributed by atoms with Crippen LogP contribution in [0.4, 0.5) is 0 Å². The summed E-state index contributed by atoms with van der Waals surface area (Å²) in [5, 5.41) is 0. The summed E-state index contributed by atoms with van der Waals surface area (Å²) in [5.74, 6) is 1.62. The lowest BCUT2D eigenvalue weighted by Crippen LogP contribution is -2.41. The molecule has 0 spiro atoms. The van der Waals surface area contributed by atoms with Crippen LogP contribution in [0, 0.1) is 17.8 Å². The van der Waals surface area contributed by atoms with Crippen molar-refractivity contribution in [1.29, 1.82) is 0 Å². The molecule has 1 rings (SSSR count). The van der Waals surface area contributed by atoms with E-state index in [0.29, 0.717) is 5.75 Å². The van der Waals surface area contributed by atoms with Crippen LogP contribution in [0.1, 0.15) is 12.8 Å². The molecule has 0 heterocycles. The summed E-state index contributed by atoms with van der Waals surface area (Å²) in [4.78, 5) is 25.1. The number of hydrogen-bond donors (Lipinski definition) is 0. The summed E-state index contributed by atoms with van der Waals surface area (Å²) in [6.07, 6.45) is 5.53. The van der Waals surface area contributed by atoms with Gasteiger partial charge in [0.05, 0.1) is 14.2 Å². The van der Waals surface area contributed by atoms with Crippen molar-refractivity contribution in [2.75, 3.05) is 20.0 Å². The molecule has 0 aromatic heterocycles. The third kappa shape index (κ3) is 4.27. The molecule has 0 bridgehead atoms. The maximum absolute atomic E-state index is 12.0. The lowest BCUT2D eigenvalue weighted by Gasteiger charge is -2.26. The van der Waals surface area contributed by atoms with E-state index in [0.717, 1.165) is 4.90 Å². The van der Waals surface area contributed by atoms with E-state index < -0.39 is 17.4 Å². The first kappa shape index (κ1) is 17.1. The van der Waals surface area contributed by atoms with Gasteiger partial charge in [-0.2, -0.15) is 0 Å². The van der Waals surface area contributed by atoms with Crippen LogP contribution in [0.15, 0.2) is 35.2 Å². The highest BCUT2D eigenvalue weighted by molar-refractivity contribution is 7.99. The van der Waals surface area contributed by atoms with Crippen LogP contribution in [0.25, 0.3) is 0 Å². The van der Waals surface area contributed by atoms with Crippen LogP contribution in [-0.4, -0.2) is 31.9 Å². The summed E-state index contributed by atoms with van der Waals surface area (Å²) >= 11 is 1.54. The second-order valence-electron chi connectivity index (χ2n) is 4.36. The first-order chi connectivity index (χ1) is 10.1. The number of esters is 2. The number of rotatable bonds is 7. The Labute approximate surface area is 129 Å². The quantitative estimate of drug-likeness (QED) is 0.335. The lowest BCUT2D eigenvalue weighted by molar-refractivity contribution is -0.169. The van der Waals surface area contributed by atoms with Crippen LogP contribution >= 0.6 is 11.8 Å². The molecule has 0 atom stereocenters. The molecule has 0 radical (unpaired) electrons. The van der Waals surface area contributed by atoms with Crippen molar-refractivity contribution in [3.05, 3.63) is 30.3 Å². The summed E-state index contributed by atoms with van der Waals surface area (Å²) < 4.78 is 9.50. The maximum atomic E-state index is 12.0. The van der Waals surface area contributed by atoms with Gasteiger partial charge in [-0.05, 0) is 24.3 Å². The van der Waals surface area contributed by atoms with Gasteiger partial charge >= 0.3 is 11.9 Å². The van der Waals surface area contributed by atoms with E-state index in [4.69, 9.17) is 15.9 Å². The Hall–Kier alpha value is -1.93. The highest BCUT2D eigenvalue weighted by Crippen LogP contribution is 2.33. The van der Waals surface area contributed by atoms with Gasteiger partial charge in [0.2, 0.25) is 0 Å². The van der Waals surface area contributed by atoms with Crippen molar-refractivity contribution in [3.63, 3.8) is 0 Å². The van der Waals surface area contributed by atoms with E-state index in [9.17, 15) is 9.59 Å². The largest absolute Gasteiger partial charge is 0.468 e. The molecule has 1 aromatic rings. The Morgan fingerprint density at radius 3 is 2.24 bits per heavy atom. The fourth-order valence-corrected chi connectivity index (χ4v) is 2.98. The monoisotopic (exact) mass is 306 g/mol. The summed E-state index contributed by atoms with van der Waals surface area (Å²) in [5.41, 5.74) is -1.43. The number of ether oxygens (including phenoxy) is 2. The summed E-state index contributed by atoms with van der Waals surface area (Å²) in [6.45, 7) is 0. The van der Waals surface area contributed by atoms with Crippen LogP contribution in [0.2, 0.25) is 0 Å². The number of benzene rings is 1. The minimum atomic E-state index is -1.43. The van der Waals surface area contributed by atoms with Crippen molar-refractivity contribution < 1.29 is 19.1 Å². The number of carbonyl (C=O) groups excluding carboxylic acids is 2. The van der Waals surface area contributed by atoms with Crippen LogP contribution in [0.3, 0.4) is 0 Å². The predicted octanol–water partition coefficient (Wildman–Crippen LogP) is 2.52. The van der Waals surface area contributed by atoms with Gasteiger partial charge in [-0.15, -0.1) is 24.1 Å². The van der Waals surface area contributed by atoms with Crippen LogP contribution in [-0.2, 0) is 19.1 Å². The Kier molecular flexibility index (Phi) is 6.83. The van der Waals surface area contributed by atoms with E-state index in [-0.39, 0.29) is 12.8 Å². The molecule has 21 heavy (non-hydrogen) atoms. The second kappa shape index (κ2) is 8.38. The van der Waals surface area contributed by atoms with E-state index in [1.807, 2.05) is 30.3 Å². The summed E-state index contributed by atoms with van der Waals surface area (Å²) in [7, 11) is 2.47. The number of terminal acetylenes is 1. The Morgan fingerprint density at radius 2 is 1.76 bits per heavy atom. The standard InChI is InChI=1S/C16H18O4S/c1-4-10-16(14(17)19-2,15(18)20-3)11-12-21-13-8-6-5-7-9-13/h1,5-9H,10-12H2,2-3H3. The normalized spacial score (nSPS) is 10.5. The molecule has 0 aliphatic carbocycles. The molecule has 4 nitrogen and oxygen atoms in total. The zero-order chi connectivity index (χ0) is 15.7. The number of hydrogen-bond acceptors (Lipinski definition) is 5. The molecular weight excluding hydrogens is 288 g/mol. The molecule has 0 fully saturated rings. The SMILES string of the molecule is C#CCC(CCSc1ccccc1)(C(=O)OC)C(=O)OC. The first-order valence-corrected chi connectivity index (χ1v) is 7.37. The number of thioether (sulfide) groups is 1. The zero-order valence-electron chi connectivity index (χ0n) is 12.1. The van der Waals surface area contributed by atoms with Crippen molar-refractivity contribution in [2.24, 2.45) is 5.41 Å². The van der Waals surface area contributed by atoms with Gasteiger partial charge in [-0.1, -0.05) is 18.2 Å². The van der Waals surface area contributed by atoms with Gasteiger partial charge in [0.15, 0.2) is 5.41 Å². The van der Waals surface area contributed by atoms with Crippen LogP contribution < -0.4 is 0 Å². The fraction of sp³-hybridized carbons (Fsp3) is 0.375. The van der Waals surface area contributed by atoms with Crippen molar-refractivity contribution in [1.82, 2.24) is 0 Å². The van der Waals surface area contributed by atoms with E-state index >= 15 is 0 Å². The van der Waals surface area contributed by atoms with Gasteiger partial charge in [0.25, 0.3) is 0 Å². The molecule has 0 amide bonds. The molecule has 0 N–H and O–H groups in total. The van der Waals surface area contributed by atoms with Gasteiger partial charge in [0, 0.05) is 11.3 Å². The molecular formula is C16H18O4S. The average molecular weight is 306 g/mol. The van der Waals surface area contributed by atoms with Crippen molar-refractivity contribution >= 4 is 23.7 Å². The highest BCUT2D eigenvalue weighted by Gasteiger charge is 2.47. The lowest BCUT2D eigenvalue weighted by atomic mass is 9.82. The molecule has 1 aromatic carbocycles. The Morgan fingerprint density at radius 1 is 1.19 bits per heavy atom. The van der Waals surface area contributed by atoms with Crippen LogP contribution in [0.5, 0.6) is 0 Å². The minimum absolute atomic E-state index is 0.0400. The molecule has 0 aliphatic heterocycles.